The van der Waals surface area contributed by atoms with Crippen LogP contribution in [0.1, 0.15) is 18.4 Å². The van der Waals surface area contributed by atoms with Gasteiger partial charge in [0.15, 0.2) is 0 Å². The Labute approximate surface area is 110 Å². The molecule has 0 aromatic heterocycles. The van der Waals surface area contributed by atoms with Gasteiger partial charge in [-0.05, 0) is 45.0 Å². The molecule has 3 heteroatoms. The van der Waals surface area contributed by atoms with Crippen molar-refractivity contribution in [3.05, 3.63) is 29.8 Å². The summed E-state index contributed by atoms with van der Waals surface area (Å²) in [7, 11) is 2.03. The van der Waals surface area contributed by atoms with Crippen LogP contribution in [-0.2, 0) is 0 Å². The molecule has 0 saturated carbocycles. The highest BCUT2D eigenvalue weighted by atomic mass is 16.5. The van der Waals surface area contributed by atoms with Crippen molar-refractivity contribution in [3.63, 3.8) is 0 Å². The van der Waals surface area contributed by atoms with Gasteiger partial charge in [-0.15, -0.1) is 0 Å². The maximum atomic E-state index is 5.86. The molecule has 0 bridgehead atoms. The van der Waals surface area contributed by atoms with Crippen LogP contribution in [0.25, 0.3) is 0 Å². The molecule has 18 heavy (non-hydrogen) atoms. The molecule has 0 amide bonds. The van der Waals surface area contributed by atoms with Gasteiger partial charge in [-0.3, -0.25) is 4.90 Å². The molecule has 2 rings (SSSR count). The van der Waals surface area contributed by atoms with E-state index < -0.39 is 0 Å². The monoisotopic (exact) mass is 248 g/mol. The minimum Gasteiger partial charge on any atom is -0.492 e. The standard InChI is InChI=1S/C15H24N2O/c1-13-6-3-4-8-15(13)18-11-10-17-9-5-7-14(17)12-16-2/h3-4,6,8,14,16H,5,7,9-12H2,1-2H3. The Morgan fingerprint density at radius 2 is 2.22 bits per heavy atom. The zero-order valence-corrected chi connectivity index (χ0v) is 11.5. The topological polar surface area (TPSA) is 24.5 Å². The lowest BCUT2D eigenvalue weighted by atomic mass is 10.2. The van der Waals surface area contributed by atoms with E-state index in [4.69, 9.17) is 4.74 Å². The first-order chi connectivity index (χ1) is 8.81. The second kappa shape index (κ2) is 6.76. The van der Waals surface area contributed by atoms with Gasteiger partial charge in [-0.2, -0.15) is 0 Å². The Hall–Kier alpha value is -1.06. The van der Waals surface area contributed by atoms with Crippen molar-refractivity contribution in [2.75, 3.05) is 33.3 Å². The third-order valence-corrected chi connectivity index (χ3v) is 3.67. The Morgan fingerprint density at radius 1 is 1.39 bits per heavy atom. The highest BCUT2D eigenvalue weighted by Crippen LogP contribution is 2.18. The Balaban J connectivity index is 1.76. The Kier molecular flexibility index (Phi) is 5.02. The van der Waals surface area contributed by atoms with E-state index in [-0.39, 0.29) is 0 Å². The number of ether oxygens (including phenoxy) is 1. The van der Waals surface area contributed by atoms with Gasteiger partial charge >= 0.3 is 0 Å². The SMILES string of the molecule is CNCC1CCCN1CCOc1ccccc1C. The maximum absolute atomic E-state index is 5.86. The van der Waals surface area contributed by atoms with Crippen molar-refractivity contribution in [3.8, 4) is 5.75 Å². The lowest BCUT2D eigenvalue weighted by Crippen LogP contribution is -2.39. The van der Waals surface area contributed by atoms with Crippen LogP contribution in [0.2, 0.25) is 0 Å². The fourth-order valence-electron chi connectivity index (χ4n) is 2.65. The average Bonchev–Trinajstić information content (AvgIpc) is 2.80. The number of likely N-dealkylation sites (tertiary alicyclic amines) is 1. The zero-order valence-electron chi connectivity index (χ0n) is 11.5. The van der Waals surface area contributed by atoms with E-state index in [0.717, 1.165) is 25.4 Å². The number of benzene rings is 1. The van der Waals surface area contributed by atoms with E-state index in [1.165, 1.54) is 24.9 Å². The molecular weight excluding hydrogens is 224 g/mol. The van der Waals surface area contributed by atoms with Crippen molar-refractivity contribution in [1.29, 1.82) is 0 Å². The van der Waals surface area contributed by atoms with Crippen LogP contribution in [0, 0.1) is 6.92 Å². The number of hydrogen-bond acceptors (Lipinski definition) is 3. The quantitative estimate of drug-likeness (QED) is 0.834. The first-order valence-corrected chi connectivity index (χ1v) is 6.88. The molecule has 1 saturated heterocycles. The van der Waals surface area contributed by atoms with Crippen LogP contribution >= 0.6 is 0 Å². The first-order valence-electron chi connectivity index (χ1n) is 6.88. The average molecular weight is 248 g/mol. The van der Waals surface area contributed by atoms with Crippen LogP contribution in [0.15, 0.2) is 24.3 Å². The third-order valence-electron chi connectivity index (χ3n) is 3.67. The molecule has 0 spiro atoms. The van der Waals surface area contributed by atoms with Crippen molar-refractivity contribution >= 4 is 0 Å². The predicted molar refractivity (Wildman–Crippen MR) is 75.2 cm³/mol. The summed E-state index contributed by atoms with van der Waals surface area (Å²) in [5.41, 5.74) is 1.21. The van der Waals surface area contributed by atoms with E-state index in [9.17, 15) is 0 Å². The van der Waals surface area contributed by atoms with Crippen LogP contribution in [0.4, 0.5) is 0 Å². The lowest BCUT2D eigenvalue weighted by molar-refractivity contribution is 0.195. The van der Waals surface area contributed by atoms with Gasteiger partial charge in [-0.1, -0.05) is 18.2 Å². The van der Waals surface area contributed by atoms with Crippen molar-refractivity contribution in [2.45, 2.75) is 25.8 Å². The van der Waals surface area contributed by atoms with E-state index in [0.29, 0.717) is 6.04 Å². The highest BCUT2D eigenvalue weighted by molar-refractivity contribution is 5.31. The molecule has 1 unspecified atom stereocenters. The number of likely N-dealkylation sites (N-methyl/N-ethyl adjacent to an activating group) is 1. The normalized spacial score (nSPS) is 20.2. The van der Waals surface area contributed by atoms with Gasteiger partial charge in [0.05, 0.1) is 0 Å². The molecule has 1 aliphatic rings. The van der Waals surface area contributed by atoms with E-state index in [1.54, 1.807) is 0 Å². The Bertz CT molecular complexity index is 367. The number of aryl methyl sites for hydroxylation is 1. The summed E-state index contributed by atoms with van der Waals surface area (Å²) in [5.74, 6) is 1.02. The second-order valence-electron chi connectivity index (χ2n) is 5.00. The molecule has 0 aliphatic carbocycles. The summed E-state index contributed by atoms with van der Waals surface area (Å²) in [4.78, 5) is 2.54. The van der Waals surface area contributed by atoms with Crippen molar-refractivity contribution in [2.24, 2.45) is 0 Å². The summed E-state index contributed by atoms with van der Waals surface area (Å²) in [6, 6.07) is 8.91. The molecule has 1 fully saturated rings. The molecule has 0 radical (unpaired) electrons. The van der Waals surface area contributed by atoms with Gasteiger partial charge in [0.1, 0.15) is 12.4 Å². The van der Waals surface area contributed by atoms with Crippen LogP contribution in [0.3, 0.4) is 0 Å². The summed E-state index contributed by atoms with van der Waals surface area (Å²) >= 11 is 0. The molecule has 1 heterocycles. The van der Waals surface area contributed by atoms with Gasteiger partial charge in [0, 0.05) is 19.1 Å². The minimum absolute atomic E-state index is 0.690. The first kappa shape index (κ1) is 13.4. The molecule has 1 aromatic rings. The van der Waals surface area contributed by atoms with E-state index in [1.807, 2.05) is 25.2 Å². The number of nitrogens with zero attached hydrogens (tertiary/aromatic N) is 1. The molecule has 3 nitrogen and oxygen atoms in total. The predicted octanol–water partition coefficient (Wildman–Crippen LogP) is 2.06. The number of para-hydroxylation sites is 1. The second-order valence-corrected chi connectivity index (χ2v) is 5.00. The molecule has 1 aliphatic heterocycles. The maximum Gasteiger partial charge on any atom is 0.122 e. The van der Waals surface area contributed by atoms with E-state index in [2.05, 4.69) is 23.2 Å². The van der Waals surface area contributed by atoms with Gasteiger partial charge in [0.2, 0.25) is 0 Å². The van der Waals surface area contributed by atoms with Gasteiger partial charge in [-0.25, -0.2) is 0 Å². The Morgan fingerprint density at radius 3 is 3.00 bits per heavy atom. The van der Waals surface area contributed by atoms with Gasteiger partial charge in [0.25, 0.3) is 0 Å². The molecule has 1 atom stereocenters. The van der Waals surface area contributed by atoms with E-state index >= 15 is 0 Å². The summed E-state index contributed by atoms with van der Waals surface area (Å²) in [6.45, 7) is 6.20. The zero-order chi connectivity index (χ0) is 12.8. The van der Waals surface area contributed by atoms with Crippen LogP contribution in [0.5, 0.6) is 5.75 Å². The third kappa shape index (κ3) is 3.47. The number of hydrogen-bond donors (Lipinski definition) is 1. The molecular formula is C15H24N2O. The smallest absolute Gasteiger partial charge is 0.122 e. The summed E-state index contributed by atoms with van der Waals surface area (Å²) < 4.78 is 5.86. The number of nitrogens with one attached hydrogen (secondary N) is 1. The molecule has 100 valence electrons. The van der Waals surface area contributed by atoms with Crippen LogP contribution < -0.4 is 10.1 Å². The van der Waals surface area contributed by atoms with Crippen LogP contribution in [-0.4, -0.2) is 44.2 Å². The van der Waals surface area contributed by atoms with Crippen molar-refractivity contribution in [1.82, 2.24) is 10.2 Å². The van der Waals surface area contributed by atoms with Crippen molar-refractivity contribution < 1.29 is 4.74 Å². The fraction of sp³-hybridized carbons (Fsp3) is 0.600. The molecule has 1 N–H and O–H groups in total. The largest absolute Gasteiger partial charge is 0.492 e. The fourth-order valence-corrected chi connectivity index (χ4v) is 2.65. The lowest BCUT2D eigenvalue weighted by Gasteiger charge is -2.24. The molecule has 1 aromatic carbocycles. The number of rotatable bonds is 6. The minimum atomic E-state index is 0.690. The summed E-state index contributed by atoms with van der Waals surface area (Å²) in [5, 5.41) is 3.27. The van der Waals surface area contributed by atoms with Gasteiger partial charge < -0.3 is 10.1 Å². The highest BCUT2D eigenvalue weighted by Gasteiger charge is 2.23. The summed E-state index contributed by atoms with van der Waals surface area (Å²) in [6.07, 6.45) is 2.63.